The molecule has 1 aromatic carbocycles. The Balaban J connectivity index is 1.29. The van der Waals surface area contributed by atoms with E-state index in [1.807, 2.05) is 0 Å². The standard InChI is InChI=1S/C21H31N3O3/c1-27-19-10-8-18(9-11-19)20(25)22-12-15-2-4-16(5-3-15)13-23-21(26)24-14-17-6-7-17/h8-11,15-17H,2-7,12-14H2,1H3,(H,22,25)(H2,23,24,26). The SMILES string of the molecule is COc1ccc(C(=O)NCC2CCC(CNC(=O)NCC3CC3)CC2)cc1. The lowest BCUT2D eigenvalue weighted by atomic mass is 9.82. The maximum absolute atomic E-state index is 12.2. The lowest BCUT2D eigenvalue weighted by Gasteiger charge is -2.28. The summed E-state index contributed by atoms with van der Waals surface area (Å²) in [6.45, 7) is 2.28. The van der Waals surface area contributed by atoms with Gasteiger partial charge in [-0.25, -0.2) is 4.79 Å². The molecule has 6 nitrogen and oxygen atoms in total. The molecule has 27 heavy (non-hydrogen) atoms. The highest BCUT2D eigenvalue weighted by atomic mass is 16.5. The average Bonchev–Trinajstić information content (AvgIpc) is 3.54. The number of nitrogens with one attached hydrogen (secondary N) is 3. The first-order valence-electron chi connectivity index (χ1n) is 10.1. The van der Waals surface area contributed by atoms with Crippen molar-refractivity contribution in [1.29, 1.82) is 0 Å². The minimum Gasteiger partial charge on any atom is -0.497 e. The van der Waals surface area contributed by atoms with Gasteiger partial charge in [0.25, 0.3) is 5.91 Å². The summed E-state index contributed by atoms with van der Waals surface area (Å²) >= 11 is 0. The molecule has 0 atom stereocenters. The van der Waals surface area contributed by atoms with Crippen molar-refractivity contribution in [2.75, 3.05) is 26.7 Å². The van der Waals surface area contributed by atoms with Gasteiger partial charge < -0.3 is 20.7 Å². The average molecular weight is 373 g/mol. The summed E-state index contributed by atoms with van der Waals surface area (Å²) in [6.07, 6.45) is 6.90. The Morgan fingerprint density at radius 2 is 1.26 bits per heavy atom. The predicted octanol–water partition coefficient (Wildman–Crippen LogP) is 2.94. The number of hydrogen-bond donors (Lipinski definition) is 3. The van der Waals surface area contributed by atoms with Crippen LogP contribution in [0.2, 0.25) is 0 Å². The molecule has 0 heterocycles. The van der Waals surface area contributed by atoms with Gasteiger partial charge in [-0.15, -0.1) is 0 Å². The van der Waals surface area contributed by atoms with Crippen molar-refractivity contribution >= 4 is 11.9 Å². The van der Waals surface area contributed by atoms with E-state index in [1.54, 1.807) is 31.4 Å². The summed E-state index contributed by atoms with van der Waals surface area (Å²) in [4.78, 5) is 24.0. The third-order valence-corrected chi connectivity index (χ3v) is 5.67. The Morgan fingerprint density at radius 3 is 1.70 bits per heavy atom. The van der Waals surface area contributed by atoms with E-state index in [9.17, 15) is 9.59 Å². The van der Waals surface area contributed by atoms with Gasteiger partial charge in [-0.05, 0) is 80.5 Å². The van der Waals surface area contributed by atoms with Gasteiger partial charge in [0.15, 0.2) is 0 Å². The van der Waals surface area contributed by atoms with E-state index in [0.717, 1.165) is 44.5 Å². The van der Waals surface area contributed by atoms with Gasteiger partial charge in [0, 0.05) is 25.2 Å². The molecule has 3 amide bonds. The van der Waals surface area contributed by atoms with Crippen LogP contribution >= 0.6 is 0 Å². The van der Waals surface area contributed by atoms with Crippen LogP contribution in [0.3, 0.4) is 0 Å². The van der Waals surface area contributed by atoms with Gasteiger partial charge in [-0.1, -0.05) is 0 Å². The molecule has 2 fully saturated rings. The minimum atomic E-state index is -0.0335. The monoisotopic (exact) mass is 373 g/mol. The van der Waals surface area contributed by atoms with Crippen LogP contribution in [0.5, 0.6) is 5.75 Å². The van der Waals surface area contributed by atoms with Crippen molar-refractivity contribution in [3.05, 3.63) is 29.8 Å². The van der Waals surface area contributed by atoms with Crippen LogP contribution in [0.25, 0.3) is 0 Å². The van der Waals surface area contributed by atoms with Crippen LogP contribution in [0.15, 0.2) is 24.3 Å². The largest absolute Gasteiger partial charge is 0.497 e. The van der Waals surface area contributed by atoms with Gasteiger partial charge in [0.2, 0.25) is 0 Å². The number of hydrogen-bond acceptors (Lipinski definition) is 3. The quantitative estimate of drug-likeness (QED) is 0.655. The maximum atomic E-state index is 12.2. The third-order valence-electron chi connectivity index (χ3n) is 5.67. The molecular formula is C21H31N3O3. The Hall–Kier alpha value is -2.24. The highest BCUT2D eigenvalue weighted by Gasteiger charge is 2.23. The molecule has 0 aliphatic heterocycles. The van der Waals surface area contributed by atoms with Crippen molar-refractivity contribution in [3.63, 3.8) is 0 Å². The van der Waals surface area contributed by atoms with Gasteiger partial charge in [0.05, 0.1) is 7.11 Å². The van der Waals surface area contributed by atoms with Gasteiger partial charge in [0.1, 0.15) is 5.75 Å². The lowest BCUT2D eigenvalue weighted by Crippen LogP contribution is -2.40. The number of methoxy groups -OCH3 is 1. The number of benzene rings is 1. The summed E-state index contributed by atoms with van der Waals surface area (Å²) in [5.41, 5.74) is 0.658. The van der Waals surface area contributed by atoms with Crippen molar-refractivity contribution in [2.45, 2.75) is 38.5 Å². The first kappa shape index (κ1) is 19.5. The van der Waals surface area contributed by atoms with Crippen molar-refractivity contribution < 1.29 is 14.3 Å². The van der Waals surface area contributed by atoms with E-state index in [0.29, 0.717) is 29.9 Å². The topological polar surface area (TPSA) is 79.5 Å². The maximum Gasteiger partial charge on any atom is 0.314 e. The summed E-state index contributed by atoms with van der Waals surface area (Å²) in [5.74, 6) is 2.49. The van der Waals surface area contributed by atoms with Crippen LogP contribution in [-0.2, 0) is 0 Å². The minimum absolute atomic E-state index is 0.0317. The summed E-state index contributed by atoms with van der Waals surface area (Å²) in [6, 6.07) is 7.13. The second-order valence-corrected chi connectivity index (χ2v) is 7.86. The van der Waals surface area contributed by atoms with E-state index in [2.05, 4.69) is 16.0 Å². The Bertz CT molecular complexity index is 620. The highest BCUT2D eigenvalue weighted by Crippen LogP contribution is 2.28. The smallest absolute Gasteiger partial charge is 0.314 e. The number of carbonyl (C=O) groups is 2. The summed E-state index contributed by atoms with van der Waals surface area (Å²) < 4.78 is 5.11. The molecule has 0 bridgehead atoms. The van der Waals surface area contributed by atoms with Gasteiger partial charge >= 0.3 is 6.03 Å². The molecule has 2 aliphatic carbocycles. The highest BCUT2D eigenvalue weighted by molar-refractivity contribution is 5.94. The van der Waals surface area contributed by atoms with E-state index >= 15 is 0 Å². The fourth-order valence-corrected chi connectivity index (χ4v) is 3.58. The Morgan fingerprint density at radius 1 is 0.815 bits per heavy atom. The second kappa shape index (κ2) is 9.62. The molecular weight excluding hydrogens is 342 g/mol. The summed E-state index contributed by atoms with van der Waals surface area (Å²) in [5, 5.41) is 8.99. The number of carbonyl (C=O) groups excluding carboxylic acids is 2. The first-order chi connectivity index (χ1) is 13.1. The molecule has 3 N–H and O–H groups in total. The molecule has 2 aliphatic rings. The number of rotatable bonds is 8. The van der Waals surface area contributed by atoms with Crippen molar-refractivity contribution in [3.8, 4) is 5.75 Å². The zero-order valence-electron chi connectivity index (χ0n) is 16.1. The predicted molar refractivity (Wildman–Crippen MR) is 105 cm³/mol. The Kier molecular flexibility index (Phi) is 6.96. The van der Waals surface area contributed by atoms with Crippen molar-refractivity contribution in [2.24, 2.45) is 17.8 Å². The number of ether oxygens (including phenoxy) is 1. The van der Waals surface area contributed by atoms with E-state index in [1.165, 1.54) is 12.8 Å². The van der Waals surface area contributed by atoms with Crippen LogP contribution in [0, 0.1) is 17.8 Å². The molecule has 0 saturated heterocycles. The van der Waals surface area contributed by atoms with E-state index in [4.69, 9.17) is 4.74 Å². The van der Waals surface area contributed by atoms with Gasteiger partial charge in [-0.2, -0.15) is 0 Å². The number of amides is 3. The first-order valence-corrected chi connectivity index (χ1v) is 10.1. The molecule has 0 radical (unpaired) electrons. The molecule has 3 rings (SSSR count). The fraction of sp³-hybridized carbons (Fsp3) is 0.619. The normalized spacial score (nSPS) is 22.0. The molecule has 0 aromatic heterocycles. The third kappa shape index (κ3) is 6.45. The molecule has 1 aromatic rings. The molecule has 0 unspecified atom stereocenters. The van der Waals surface area contributed by atoms with Crippen LogP contribution < -0.4 is 20.7 Å². The van der Waals surface area contributed by atoms with Crippen LogP contribution in [0.1, 0.15) is 48.9 Å². The number of urea groups is 1. The summed E-state index contributed by atoms with van der Waals surface area (Å²) in [7, 11) is 1.61. The second-order valence-electron chi connectivity index (χ2n) is 7.86. The molecule has 148 valence electrons. The lowest BCUT2D eigenvalue weighted by molar-refractivity contribution is 0.0941. The molecule has 6 heteroatoms. The van der Waals surface area contributed by atoms with Gasteiger partial charge in [-0.3, -0.25) is 4.79 Å². The fourth-order valence-electron chi connectivity index (χ4n) is 3.58. The van der Waals surface area contributed by atoms with E-state index in [-0.39, 0.29) is 11.9 Å². The van der Waals surface area contributed by atoms with Crippen LogP contribution in [-0.4, -0.2) is 38.7 Å². The zero-order chi connectivity index (χ0) is 19.1. The Labute approximate surface area is 161 Å². The van der Waals surface area contributed by atoms with Crippen molar-refractivity contribution in [1.82, 2.24) is 16.0 Å². The molecule has 2 saturated carbocycles. The molecule has 0 spiro atoms. The van der Waals surface area contributed by atoms with Crippen LogP contribution in [0.4, 0.5) is 4.79 Å². The zero-order valence-corrected chi connectivity index (χ0v) is 16.1. The van der Waals surface area contributed by atoms with E-state index < -0.39 is 0 Å².